The van der Waals surface area contributed by atoms with Crippen LogP contribution in [0.25, 0.3) is 108 Å². The third kappa shape index (κ3) is 3.74. The second kappa shape index (κ2) is 10.5. The summed E-state index contributed by atoms with van der Waals surface area (Å²) in [5.74, 6) is 0. The van der Waals surface area contributed by atoms with E-state index in [1.165, 1.54) is 69.3 Å². The lowest BCUT2D eigenvalue weighted by Gasteiger charge is -2.12. The van der Waals surface area contributed by atoms with Gasteiger partial charge in [-0.05, 0) is 60.2 Å². The Balaban J connectivity index is 1.17. The van der Waals surface area contributed by atoms with Gasteiger partial charge in [-0.25, -0.2) is 0 Å². The second-order valence-electron chi connectivity index (χ2n) is 13.6. The average molecular weight is 681 g/mol. The molecule has 52 heavy (non-hydrogen) atoms. The average Bonchev–Trinajstić information content (AvgIpc) is 3.95. The van der Waals surface area contributed by atoms with Crippen molar-refractivity contribution in [2.45, 2.75) is 0 Å². The van der Waals surface area contributed by atoms with Gasteiger partial charge in [0.1, 0.15) is 11.2 Å². The van der Waals surface area contributed by atoms with E-state index < -0.39 is 0 Å². The van der Waals surface area contributed by atoms with Gasteiger partial charge in [-0.2, -0.15) is 0 Å². The van der Waals surface area contributed by atoms with Gasteiger partial charge in [0.05, 0.1) is 22.1 Å². The van der Waals surface area contributed by atoms with Crippen LogP contribution in [-0.2, 0) is 0 Å². The first kappa shape index (κ1) is 28.1. The highest BCUT2D eigenvalue weighted by Crippen LogP contribution is 2.45. The lowest BCUT2D eigenvalue weighted by molar-refractivity contribution is 0.670. The second-order valence-corrected chi connectivity index (χ2v) is 14.7. The maximum atomic E-state index is 6.80. The van der Waals surface area contributed by atoms with Gasteiger partial charge in [-0.15, -0.1) is 11.3 Å². The smallest absolute Gasteiger partial charge is 0.143 e. The van der Waals surface area contributed by atoms with Crippen LogP contribution in [0, 0.1) is 0 Å². The van der Waals surface area contributed by atoms with E-state index in [0.29, 0.717) is 0 Å². The summed E-state index contributed by atoms with van der Waals surface area (Å²) in [7, 11) is 0. The molecule has 4 aromatic heterocycles. The Labute approximate surface area is 301 Å². The zero-order valence-corrected chi connectivity index (χ0v) is 28.7. The molecule has 0 bridgehead atoms. The maximum Gasteiger partial charge on any atom is 0.143 e. The molecule has 0 atom stereocenters. The minimum atomic E-state index is 0.887. The lowest BCUT2D eigenvalue weighted by Crippen LogP contribution is -1.98. The van der Waals surface area contributed by atoms with Gasteiger partial charge in [0.15, 0.2) is 0 Å². The quantitative estimate of drug-likeness (QED) is 0.182. The normalized spacial score (nSPS) is 12.2. The SMILES string of the molecule is c1ccc(-n2c3ccccc3c3ccc4c5ccccc5n(-c5ccc6oc7c(-c8cccc9sc%10ccccc%10c89)cccc7c6c5)c4c32)cc1. The van der Waals surface area contributed by atoms with Gasteiger partial charge in [0.25, 0.3) is 0 Å². The van der Waals surface area contributed by atoms with E-state index in [-0.39, 0.29) is 0 Å². The number of hydrogen-bond donors (Lipinski definition) is 0. The Kier molecular flexibility index (Phi) is 5.65. The van der Waals surface area contributed by atoms with Gasteiger partial charge in [-0.1, -0.05) is 115 Å². The minimum Gasteiger partial charge on any atom is -0.455 e. The van der Waals surface area contributed by atoms with Gasteiger partial charge < -0.3 is 13.6 Å². The molecule has 0 aliphatic rings. The highest BCUT2D eigenvalue weighted by molar-refractivity contribution is 7.25. The van der Waals surface area contributed by atoms with Gasteiger partial charge >= 0.3 is 0 Å². The summed E-state index contributed by atoms with van der Waals surface area (Å²) in [6, 6.07) is 61.6. The number of thiophene rings is 1. The predicted octanol–water partition coefficient (Wildman–Crippen LogP) is 13.8. The molecule has 0 saturated carbocycles. The molecule has 0 aliphatic carbocycles. The van der Waals surface area contributed by atoms with Crippen molar-refractivity contribution >= 4 is 97.1 Å². The van der Waals surface area contributed by atoms with Crippen molar-refractivity contribution in [2.75, 3.05) is 0 Å². The van der Waals surface area contributed by atoms with Gasteiger partial charge in [0, 0.05) is 69.4 Å². The molecule has 0 saturated heterocycles. The van der Waals surface area contributed by atoms with Crippen LogP contribution in [0.3, 0.4) is 0 Å². The lowest BCUT2D eigenvalue weighted by atomic mass is 9.97. The Bertz CT molecular complexity index is 3410. The fourth-order valence-corrected chi connectivity index (χ4v) is 9.88. The fraction of sp³-hybridized carbons (Fsp3) is 0. The molecular formula is C48H28N2OS. The number of para-hydroxylation sites is 4. The van der Waals surface area contributed by atoms with Crippen LogP contribution in [0.1, 0.15) is 0 Å². The first-order valence-electron chi connectivity index (χ1n) is 17.7. The third-order valence-corrected chi connectivity index (χ3v) is 12.1. The summed E-state index contributed by atoms with van der Waals surface area (Å²) in [6.07, 6.45) is 0. The van der Waals surface area contributed by atoms with E-state index in [0.717, 1.165) is 38.9 Å². The van der Waals surface area contributed by atoms with E-state index in [9.17, 15) is 0 Å². The molecule has 0 amide bonds. The number of benzene rings is 8. The minimum absolute atomic E-state index is 0.887. The summed E-state index contributed by atoms with van der Waals surface area (Å²) >= 11 is 1.85. The number of nitrogens with zero attached hydrogens (tertiary/aromatic N) is 2. The van der Waals surface area contributed by atoms with Crippen molar-refractivity contribution in [1.82, 2.24) is 9.13 Å². The largest absolute Gasteiger partial charge is 0.455 e. The van der Waals surface area contributed by atoms with Crippen LogP contribution in [-0.4, -0.2) is 9.13 Å². The predicted molar refractivity (Wildman–Crippen MR) is 221 cm³/mol. The Morgan fingerprint density at radius 1 is 0.385 bits per heavy atom. The molecule has 4 heteroatoms. The molecule has 8 aromatic carbocycles. The number of hydrogen-bond acceptors (Lipinski definition) is 2. The molecule has 0 N–H and O–H groups in total. The highest BCUT2D eigenvalue weighted by Gasteiger charge is 2.22. The van der Waals surface area contributed by atoms with E-state index in [1.54, 1.807) is 0 Å². The summed E-state index contributed by atoms with van der Waals surface area (Å²) in [5, 5.41) is 9.77. The molecule has 4 heterocycles. The molecule has 242 valence electrons. The molecule has 0 radical (unpaired) electrons. The molecule has 0 aliphatic heterocycles. The first-order chi connectivity index (χ1) is 25.8. The van der Waals surface area contributed by atoms with Gasteiger partial charge in [-0.3, -0.25) is 0 Å². The molecule has 3 nitrogen and oxygen atoms in total. The molecule has 0 fully saturated rings. The standard InChI is InChI=1S/C48H28N2OS/c1-2-12-29(13-3-1)49-40-20-7-4-14-31(40)34-25-26-35-32-15-5-8-21-41(32)50(47(35)46(34)49)30-24-27-42-39(28-30)37-19-10-18-36(48(37)51-42)33-17-11-23-44-45(33)38-16-6-9-22-43(38)52-44/h1-28H. The maximum absolute atomic E-state index is 6.80. The monoisotopic (exact) mass is 680 g/mol. The van der Waals surface area contributed by atoms with Crippen LogP contribution < -0.4 is 0 Å². The summed E-state index contributed by atoms with van der Waals surface area (Å²) < 4.78 is 14.3. The van der Waals surface area contributed by atoms with Crippen LogP contribution in [0.2, 0.25) is 0 Å². The molecule has 12 rings (SSSR count). The van der Waals surface area contributed by atoms with Crippen molar-refractivity contribution in [3.63, 3.8) is 0 Å². The van der Waals surface area contributed by atoms with Crippen molar-refractivity contribution < 1.29 is 4.42 Å². The zero-order valence-electron chi connectivity index (χ0n) is 27.9. The van der Waals surface area contributed by atoms with Crippen LogP contribution >= 0.6 is 11.3 Å². The molecule has 12 aromatic rings. The van der Waals surface area contributed by atoms with Crippen molar-refractivity contribution in [2.24, 2.45) is 0 Å². The van der Waals surface area contributed by atoms with Gasteiger partial charge in [0.2, 0.25) is 0 Å². The van der Waals surface area contributed by atoms with E-state index in [4.69, 9.17) is 4.42 Å². The summed E-state index contributed by atoms with van der Waals surface area (Å²) in [5.41, 5.74) is 11.2. The summed E-state index contributed by atoms with van der Waals surface area (Å²) in [4.78, 5) is 0. The van der Waals surface area contributed by atoms with E-state index in [1.807, 2.05) is 11.3 Å². The first-order valence-corrected chi connectivity index (χ1v) is 18.5. The molecule has 0 spiro atoms. The zero-order chi connectivity index (χ0) is 33.9. The Morgan fingerprint density at radius 2 is 0.981 bits per heavy atom. The van der Waals surface area contributed by atoms with E-state index >= 15 is 0 Å². The fourth-order valence-electron chi connectivity index (χ4n) is 8.75. The van der Waals surface area contributed by atoms with Crippen molar-refractivity contribution in [1.29, 1.82) is 0 Å². The number of aromatic nitrogens is 2. The summed E-state index contributed by atoms with van der Waals surface area (Å²) in [6.45, 7) is 0. The van der Waals surface area contributed by atoms with Crippen LogP contribution in [0.5, 0.6) is 0 Å². The van der Waals surface area contributed by atoms with Crippen molar-refractivity contribution in [3.05, 3.63) is 170 Å². The topological polar surface area (TPSA) is 23.0 Å². The van der Waals surface area contributed by atoms with E-state index in [2.05, 4.69) is 179 Å². The van der Waals surface area contributed by atoms with Crippen LogP contribution in [0.15, 0.2) is 174 Å². The Hall–Kier alpha value is -6.62. The van der Waals surface area contributed by atoms with Crippen LogP contribution in [0.4, 0.5) is 0 Å². The number of rotatable bonds is 3. The number of furan rings is 1. The highest BCUT2D eigenvalue weighted by atomic mass is 32.1. The van der Waals surface area contributed by atoms with Crippen molar-refractivity contribution in [3.8, 4) is 22.5 Å². The Morgan fingerprint density at radius 3 is 1.75 bits per heavy atom. The molecule has 0 unspecified atom stereocenters. The third-order valence-electron chi connectivity index (χ3n) is 10.9. The number of fused-ring (bicyclic) bond motifs is 13. The molecular weight excluding hydrogens is 653 g/mol.